The van der Waals surface area contributed by atoms with Gasteiger partial charge in [0.15, 0.2) is 5.76 Å². The zero-order valence-corrected chi connectivity index (χ0v) is 13.7. The summed E-state index contributed by atoms with van der Waals surface area (Å²) >= 11 is 0. The Morgan fingerprint density at radius 1 is 1.40 bits per heavy atom. The largest absolute Gasteiger partial charge is 0.459 e. The van der Waals surface area contributed by atoms with Crippen molar-refractivity contribution in [2.45, 2.75) is 12.5 Å². The van der Waals surface area contributed by atoms with Crippen molar-refractivity contribution in [1.29, 1.82) is 0 Å². The van der Waals surface area contributed by atoms with Crippen LogP contribution in [-0.4, -0.2) is 54.5 Å². The first kappa shape index (κ1) is 15.7. The molecule has 128 valence electrons. The van der Waals surface area contributed by atoms with E-state index in [-0.39, 0.29) is 11.9 Å². The lowest BCUT2D eigenvalue weighted by Gasteiger charge is -2.22. The summed E-state index contributed by atoms with van der Waals surface area (Å²) in [6, 6.07) is 3.46. The number of fused-ring (bicyclic) bond motifs is 3. The topological polar surface area (TPSA) is 84.7 Å². The van der Waals surface area contributed by atoms with Crippen LogP contribution in [0.2, 0.25) is 0 Å². The zero-order valence-electron chi connectivity index (χ0n) is 13.7. The second kappa shape index (κ2) is 6.22. The number of rotatable bonds is 2. The van der Waals surface area contributed by atoms with Crippen molar-refractivity contribution >= 4 is 22.8 Å². The second-order valence-electron chi connectivity index (χ2n) is 6.35. The van der Waals surface area contributed by atoms with Crippen LogP contribution in [0.25, 0.3) is 11.0 Å². The third kappa shape index (κ3) is 3.08. The highest BCUT2D eigenvalue weighted by atomic mass is 16.5. The Morgan fingerprint density at radius 3 is 3.00 bits per heavy atom. The van der Waals surface area contributed by atoms with Gasteiger partial charge in [0.2, 0.25) is 0 Å². The van der Waals surface area contributed by atoms with E-state index in [2.05, 4.69) is 31.8 Å². The first-order valence-electron chi connectivity index (χ1n) is 8.15. The minimum Gasteiger partial charge on any atom is -0.459 e. The number of pyridine rings is 1. The molecular formula is C18H17N3O4. The van der Waals surface area contributed by atoms with Gasteiger partial charge < -0.3 is 19.4 Å². The third-order valence-corrected chi connectivity index (χ3v) is 4.76. The van der Waals surface area contributed by atoms with Crippen molar-refractivity contribution in [3.63, 3.8) is 0 Å². The lowest BCUT2D eigenvalue weighted by Crippen LogP contribution is -2.43. The molecular weight excluding hydrogens is 322 g/mol. The fourth-order valence-corrected chi connectivity index (χ4v) is 3.47. The Bertz CT molecular complexity index is 908. The quantitative estimate of drug-likeness (QED) is 0.643. The molecule has 0 saturated carbocycles. The highest BCUT2D eigenvalue weighted by Crippen LogP contribution is 2.28. The van der Waals surface area contributed by atoms with Crippen LogP contribution in [0.5, 0.6) is 0 Å². The van der Waals surface area contributed by atoms with Crippen LogP contribution in [0, 0.1) is 17.8 Å². The number of carbonyl (C=O) groups is 2. The molecule has 3 unspecified atom stereocenters. The van der Waals surface area contributed by atoms with Crippen molar-refractivity contribution in [1.82, 2.24) is 15.2 Å². The molecule has 2 fully saturated rings. The van der Waals surface area contributed by atoms with Crippen molar-refractivity contribution in [3.8, 4) is 11.8 Å². The molecule has 2 saturated heterocycles. The van der Waals surface area contributed by atoms with Crippen LogP contribution < -0.4 is 5.32 Å². The monoisotopic (exact) mass is 339 g/mol. The molecule has 2 aromatic rings. The number of esters is 1. The lowest BCUT2D eigenvalue weighted by atomic mass is 10.00. The van der Waals surface area contributed by atoms with Gasteiger partial charge in [0.05, 0.1) is 7.11 Å². The number of methoxy groups -OCH3 is 1. The maximum Gasteiger partial charge on any atom is 0.384 e. The molecule has 1 amide bonds. The molecule has 7 nitrogen and oxygen atoms in total. The summed E-state index contributed by atoms with van der Waals surface area (Å²) in [5.74, 6) is 4.91. The first-order chi connectivity index (χ1) is 12.1. The van der Waals surface area contributed by atoms with Crippen molar-refractivity contribution in [2.24, 2.45) is 5.92 Å². The number of carbonyl (C=O) groups excluding carboxylic acids is 2. The van der Waals surface area contributed by atoms with E-state index in [1.54, 1.807) is 18.3 Å². The molecule has 0 radical (unpaired) electrons. The predicted octanol–water partition coefficient (Wildman–Crippen LogP) is 0.786. The Kier molecular flexibility index (Phi) is 3.90. The molecule has 2 aromatic heterocycles. The van der Waals surface area contributed by atoms with Gasteiger partial charge in [0.25, 0.3) is 5.91 Å². The van der Waals surface area contributed by atoms with Crippen LogP contribution in [0.3, 0.4) is 0 Å². The SMILES string of the molecule is COC(=O)C#Cc1cc2cnc(C(=O)NC3CN4CCC3C4)cc2o1. The van der Waals surface area contributed by atoms with Gasteiger partial charge in [0, 0.05) is 48.8 Å². The standard InChI is InChI=1S/C18H17N3O4/c1-24-17(22)3-2-13-6-12-8-19-14(7-16(12)25-13)18(23)20-15-10-21-5-4-11(15)9-21/h6-8,11,15H,4-5,9-10H2,1H3,(H,20,23). The van der Waals surface area contributed by atoms with E-state index in [4.69, 9.17) is 4.42 Å². The van der Waals surface area contributed by atoms with E-state index >= 15 is 0 Å². The molecule has 4 heterocycles. The number of aromatic nitrogens is 1. The summed E-state index contributed by atoms with van der Waals surface area (Å²) in [6.07, 6.45) is 2.71. The maximum atomic E-state index is 12.5. The molecule has 3 atom stereocenters. The van der Waals surface area contributed by atoms with E-state index in [0.29, 0.717) is 23.0 Å². The number of amides is 1. The van der Waals surface area contributed by atoms with Crippen molar-refractivity contribution in [2.75, 3.05) is 26.7 Å². The van der Waals surface area contributed by atoms with Gasteiger partial charge in [-0.25, -0.2) is 4.79 Å². The normalized spacial score (nSPS) is 24.0. The number of furan rings is 1. The van der Waals surface area contributed by atoms with Crippen molar-refractivity contribution in [3.05, 3.63) is 29.8 Å². The van der Waals surface area contributed by atoms with Gasteiger partial charge in [-0.15, -0.1) is 0 Å². The lowest BCUT2D eigenvalue weighted by molar-refractivity contribution is -0.133. The number of hydrogen-bond donors (Lipinski definition) is 1. The Labute approximate surface area is 144 Å². The number of nitrogens with one attached hydrogen (secondary N) is 1. The van der Waals surface area contributed by atoms with Crippen molar-refractivity contribution < 1.29 is 18.7 Å². The fourth-order valence-electron chi connectivity index (χ4n) is 3.47. The van der Waals surface area contributed by atoms with Crippen LogP contribution in [0.4, 0.5) is 0 Å². The van der Waals surface area contributed by atoms with Crippen LogP contribution in [-0.2, 0) is 9.53 Å². The van der Waals surface area contributed by atoms with E-state index < -0.39 is 5.97 Å². The van der Waals surface area contributed by atoms with Gasteiger partial charge in [-0.2, -0.15) is 0 Å². The predicted molar refractivity (Wildman–Crippen MR) is 88.7 cm³/mol. The number of hydrogen-bond acceptors (Lipinski definition) is 6. The van der Waals surface area contributed by atoms with E-state index in [1.807, 2.05) is 0 Å². The number of ether oxygens (including phenoxy) is 1. The Morgan fingerprint density at radius 2 is 2.28 bits per heavy atom. The van der Waals surface area contributed by atoms with Gasteiger partial charge in [-0.1, -0.05) is 0 Å². The Balaban J connectivity index is 1.51. The minimum absolute atomic E-state index is 0.192. The van der Waals surface area contributed by atoms with Gasteiger partial charge in [-0.05, 0) is 24.8 Å². The summed E-state index contributed by atoms with van der Waals surface area (Å²) < 4.78 is 10.0. The molecule has 2 aliphatic rings. The molecule has 7 heteroatoms. The molecule has 2 bridgehead atoms. The molecule has 4 rings (SSSR count). The summed E-state index contributed by atoms with van der Waals surface area (Å²) in [6.45, 7) is 3.10. The summed E-state index contributed by atoms with van der Waals surface area (Å²) in [5.41, 5.74) is 0.818. The zero-order chi connectivity index (χ0) is 17.4. The van der Waals surface area contributed by atoms with Gasteiger partial charge >= 0.3 is 5.97 Å². The van der Waals surface area contributed by atoms with Gasteiger partial charge in [0.1, 0.15) is 11.3 Å². The smallest absolute Gasteiger partial charge is 0.384 e. The van der Waals surface area contributed by atoms with Crippen LogP contribution in [0.15, 0.2) is 22.7 Å². The van der Waals surface area contributed by atoms with E-state index in [9.17, 15) is 9.59 Å². The average molecular weight is 339 g/mol. The molecule has 0 spiro atoms. The van der Waals surface area contributed by atoms with Gasteiger partial charge in [-0.3, -0.25) is 9.78 Å². The average Bonchev–Trinajstić information content (AvgIpc) is 3.33. The molecule has 0 aliphatic carbocycles. The summed E-state index contributed by atoms with van der Waals surface area (Å²) in [7, 11) is 1.26. The number of nitrogens with zero attached hydrogens (tertiary/aromatic N) is 2. The molecule has 25 heavy (non-hydrogen) atoms. The fraction of sp³-hybridized carbons (Fsp3) is 0.389. The van der Waals surface area contributed by atoms with E-state index in [0.717, 1.165) is 31.4 Å². The van der Waals surface area contributed by atoms with Crippen LogP contribution >= 0.6 is 0 Å². The minimum atomic E-state index is -0.639. The highest BCUT2D eigenvalue weighted by Gasteiger charge is 2.38. The van der Waals surface area contributed by atoms with Crippen LogP contribution in [0.1, 0.15) is 22.7 Å². The summed E-state index contributed by atoms with van der Waals surface area (Å²) in [5, 5.41) is 3.79. The molecule has 1 N–H and O–H groups in total. The number of piperidine rings is 1. The highest BCUT2D eigenvalue weighted by molar-refractivity contribution is 5.95. The Hall–Kier alpha value is -2.85. The van der Waals surface area contributed by atoms with E-state index in [1.165, 1.54) is 7.11 Å². The molecule has 2 aliphatic heterocycles. The first-order valence-corrected chi connectivity index (χ1v) is 8.15. The summed E-state index contributed by atoms with van der Waals surface area (Å²) in [4.78, 5) is 30.1. The molecule has 0 aromatic carbocycles. The third-order valence-electron chi connectivity index (χ3n) is 4.76. The second-order valence-corrected chi connectivity index (χ2v) is 6.35. The maximum absolute atomic E-state index is 12.5.